The first-order chi connectivity index (χ1) is 11.1. The van der Waals surface area contributed by atoms with Crippen molar-refractivity contribution in [2.24, 2.45) is 0 Å². The van der Waals surface area contributed by atoms with Gasteiger partial charge in [-0.2, -0.15) is 0 Å². The molecule has 0 spiro atoms. The summed E-state index contributed by atoms with van der Waals surface area (Å²) in [5.74, 6) is 0.175. The molecule has 0 radical (unpaired) electrons. The van der Waals surface area contributed by atoms with E-state index < -0.39 is 0 Å². The van der Waals surface area contributed by atoms with Crippen LogP contribution in [0.5, 0.6) is 0 Å². The van der Waals surface area contributed by atoms with Crippen molar-refractivity contribution in [2.75, 3.05) is 36.4 Å². The molecule has 1 saturated heterocycles. The van der Waals surface area contributed by atoms with Gasteiger partial charge in [-0.15, -0.1) is 0 Å². The third-order valence-corrected chi connectivity index (χ3v) is 4.20. The summed E-state index contributed by atoms with van der Waals surface area (Å²) in [6.07, 6.45) is 1.77. The molecule has 1 aliphatic heterocycles. The van der Waals surface area contributed by atoms with Gasteiger partial charge in [0.15, 0.2) is 0 Å². The van der Waals surface area contributed by atoms with Crippen molar-refractivity contribution >= 4 is 40.6 Å². The van der Waals surface area contributed by atoms with Crippen LogP contribution in [-0.4, -0.2) is 37.1 Å². The van der Waals surface area contributed by atoms with Gasteiger partial charge in [-0.1, -0.05) is 23.2 Å². The van der Waals surface area contributed by atoms with E-state index in [9.17, 15) is 4.79 Å². The highest BCUT2D eigenvalue weighted by Crippen LogP contribution is 2.22. The number of nitrogens with one attached hydrogen (secondary N) is 2. The minimum Gasteiger partial charge on any atom is -0.368 e. The van der Waals surface area contributed by atoms with E-state index >= 15 is 0 Å². The van der Waals surface area contributed by atoms with Gasteiger partial charge in [0.2, 0.25) is 0 Å². The monoisotopic (exact) mass is 350 g/mol. The van der Waals surface area contributed by atoms with E-state index in [0.29, 0.717) is 21.4 Å². The molecule has 1 fully saturated rings. The lowest BCUT2D eigenvalue weighted by Gasteiger charge is -2.29. The zero-order valence-electron chi connectivity index (χ0n) is 12.4. The quantitative estimate of drug-likeness (QED) is 0.893. The number of halogens is 2. The average Bonchev–Trinajstić information content (AvgIpc) is 2.56. The molecular formula is C16H16Cl2N4O. The Labute approximate surface area is 144 Å². The minimum absolute atomic E-state index is 0.311. The van der Waals surface area contributed by atoms with E-state index in [2.05, 4.69) is 20.5 Å². The number of hydrogen-bond acceptors (Lipinski definition) is 4. The standard InChI is InChI=1S/C16H16Cl2N4O/c17-11-1-3-13(14(18)9-11)16(23)21-15-4-2-12(10-20-15)22-7-5-19-6-8-22/h1-4,9-10,19H,5-8H2,(H,20,21,23). The minimum atomic E-state index is -0.311. The molecule has 0 aliphatic carbocycles. The molecule has 2 N–H and O–H groups in total. The largest absolute Gasteiger partial charge is 0.368 e. The van der Waals surface area contributed by atoms with E-state index in [1.807, 2.05) is 6.07 Å². The first kappa shape index (κ1) is 16.1. The maximum Gasteiger partial charge on any atom is 0.258 e. The average molecular weight is 351 g/mol. The Bertz CT molecular complexity index is 700. The zero-order valence-corrected chi connectivity index (χ0v) is 13.9. The number of benzene rings is 1. The first-order valence-corrected chi connectivity index (χ1v) is 8.07. The van der Waals surface area contributed by atoms with Crippen LogP contribution in [0.15, 0.2) is 36.5 Å². The highest BCUT2D eigenvalue weighted by molar-refractivity contribution is 6.37. The van der Waals surface area contributed by atoms with E-state index in [1.165, 1.54) is 0 Å². The normalized spacial score (nSPS) is 14.6. The lowest BCUT2D eigenvalue weighted by molar-refractivity contribution is 0.102. The number of aromatic nitrogens is 1. The Morgan fingerprint density at radius 3 is 2.61 bits per heavy atom. The van der Waals surface area contributed by atoms with Crippen LogP contribution in [-0.2, 0) is 0 Å². The maximum absolute atomic E-state index is 12.2. The summed E-state index contributed by atoms with van der Waals surface area (Å²) < 4.78 is 0. The van der Waals surface area contributed by atoms with Gasteiger partial charge in [0.1, 0.15) is 5.82 Å². The molecule has 1 aromatic heterocycles. The molecule has 0 unspecified atom stereocenters. The van der Waals surface area contributed by atoms with Crippen molar-refractivity contribution in [3.05, 3.63) is 52.1 Å². The fraction of sp³-hybridized carbons (Fsp3) is 0.250. The van der Waals surface area contributed by atoms with Crippen molar-refractivity contribution in [3.8, 4) is 0 Å². The molecule has 120 valence electrons. The van der Waals surface area contributed by atoms with Gasteiger partial charge in [0.05, 0.1) is 22.5 Å². The molecule has 0 saturated carbocycles. The zero-order chi connectivity index (χ0) is 16.2. The second-order valence-electron chi connectivity index (χ2n) is 5.22. The number of carbonyl (C=O) groups is 1. The number of hydrogen-bond donors (Lipinski definition) is 2. The molecule has 5 nitrogen and oxygen atoms in total. The lowest BCUT2D eigenvalue weighted by Crippen LogP contribution is -2.43. The number of nitrogens with zero attached hydrogens (tertiary/aromatic N) is 2. The molecular weight excluding hydrogens is 335 g/mol. The SMILES string of the molecule is O=C(Nc1ccc(N2CCNCC2)cn1)c1ccc(Cl)cc1Cl. The van der Waals surface area contributed by atoms with Crippen LogP contribution < -0.4 is 15.5 Å². The van der Waals surface area contributed by atoms with Crippen LogP contribution >= 0.6 is 23.2 Å². The Kier molecular flexibility index (Phi) is 5.00. The van der Waals surface area contributed by atoms with Gasteiger partial charge < -0.3 is 15.5 Å². The Balaban J connectivity index is 1.69. The first-order valence-electron chi connectivity index (χ1n) is 7.31. The van der Waals surface area contributed by atoms with Crippen LogP contribution in [0.3, 0.4) is 0 Å². The highest BCUT2D eigenvalue weighted by Gasteiger charge is 2.13. The molecule has 1 amide bonds. The molecule has 3 rings (SSSR count). The Hall–Kier alpha value is -1.82. The van der Waals surface area contributed by atoms with Crippen molar-refractivity contribution in [3.63, 3.8) is 0 Å². The van der Waals surface area contributed by atoms with Gasteiger partial charge in [-0.25, -0.2) is 4.98 Å². The van der Waals surface area contributed by atoms with Crippen LogP contribution in [0.1, 0.15) is 10.4 Å². The fourth-order valence-corrected chi connectivity index (χ4v) is 2.92. The van der Waals surface area contributed by atoms with Crippen LogP contribution in [0.2, 0.25) is 10.0 Å². The molecule has 2 aromatic rings. The van der Waals surface area contributed by atoms with Gasteiger partial charge in [-0.3, -0.25) is 4.79 Å². The summed E-state index contributed by atoms with van der Waals surface area (Å²) in [5, 5.41) is 6.85. The predicted molar refractivity (Wildman–Crippen MR) is 93.7 cm³/mol. The Morgan fingerprint density at radius 1 is 1.17 bits per heavy atom. The van der Waals surface area contributed by atoms with Crippen LogP contribution in [0.4, 0.5) is 11.5 Å². The maximum atomic E-state index is 12.2. The summed E-state index contributed by atoms with van der Waals surface area (Å²) in [5.41, 5.74) is 1.41. The second-order valence-corrected chi connectivity index (χ2v) is 6.06. The Morgan fingerprint density at radius 2 is 1.96 bits per heavy atom. The smallest absolute Gasteiger partial charge is 0.258 e. The summed E-state index contributed by atoms with van der Waals surface area (Å²) in [6.45, 7) is 3.84. The fourth-order valence-electron chi connectivity index (χ4n) is 2.43. The second kappa shape index (κ2) is 7.17. The lowest BCUT2D eigenvalue weighted by atomic mass is 10.2. The number of anilines is 2. The van der Waals surface area contributed by atoms with Gasteiger partial charge in [-0.05, 0) is 30.3 Å². The third-order valence-electron chi connectivity index (χ3n) is 3.65. The van der Waals surface area contributed by atoms with Crippen molar-refractivity contribution < 1.29 is 4.79 Å². The summed E-state index contributed by atoms with van der Waals surface area (Å²) in [6, 6.07) is 8.51. The molecule has 0 bridgehead atoms. The van der Waals surface area contributed by atoms with Crippen molar-refractivity contribution in [1.29, 1.82) is 0 Å². The topological polar surface area (TPSA) is 57.3 Å². The summed E-state index contributed by atoms with van der Waals surface area (Å²) >= 11 is 11.9. The molecule has 7 heteroatoms. The van der Waals surface area contributed by atoms with Crippen molar-refractivity contribution in [2.45, 2.75) is 0 Å². The third kappa shape index (κ3) is 3.93. The van der Waals surface area contributed by atoms with E-state index in [0.717, 1.165) is 31.9 Å². The number of pyridine rings is 1. The number of carbonyl (C=O) groups excluding carboxylic acids is 1. The van der Waals surface area contributed by atoms with Gasteiger partial charge >= 0.3 is 0 Å². The van der Waals surface area contributed by atoms with E-state index in [-0.39, 0.29) is 5.91 Å². The van der Waals surface area contributed by atoms with E-state index in [1.54, 1.807) is 30.5 Å². The van der Waals surface area contributed by atoms with Crippen LogP contribution in [0.25, 0.3) is 0 Å². The van der Waals surface area contributed by atoms with Crippen molar-refractivity contribution in [1.82, 2.24) is 10.3 Å². The molecule has 2 heterocycles. The number of rotatable bonds is 3. The molecule has 0 atom stereocenters. The van der Waals surface area contributed by atoms with Gasteiger partial charge in [0.25, 0.3) is 5.91 Å². The summed E-state index contributed by atoms with van der Waals surface area (Å²) in [4.78, 5) is 18.8. The predicted octanol–water partition coefficient (Wildman–Crippen LogP) is 3.05. The van der Waals surface area contributed by atoms with Crippen LogP contribution in [0, 0.1) is 0 Å². The molecule has 1 aliphatic rings. The van der Waals surface area contributed by atoms with Gasteiger partial charge in [0, 0.05) is 31.2 Å². The number of amides is 1. The molecule has 1 aromatic carbocycles. The highest BCUT2D eigenvalue weighted by atomic mass is 35.5. The number of piperazine rings is 1. The summed E-state index contributed by atoms with van der Waals surface area (Å²) in [7, 11) is 0. The van der Waals surface area contributed by atoms with E-state index in [4.69, 9.17) is 23.2 Å². The molecule has 23 heavy (non-hydrogen) atoms.